The Morgan fingerprint density at radius 1 is 1.17 bits per heavy atom. The summed E-state index contributed by atoms with van der Waals surface area (Å²) in [6.07, 6.45) is 0.126. The van der Waals surface area contributed by atoms with Crippen LogP contribution in [0.4, 0.5) is 10.1 Å². The van der Waals surface area contributed by atoms with Gasteiger partial charge < -0.3 is 5.73 Å². The number of aromatic nitrogens is 1. The Morgan fingerprint density at radius 2 is 1.96 bits per heavy atom. The van der Waals surface area contributed by atoms with E-state index in [1.807, 2.05) is 0 Å². The summed E-state index contributed by atoms with van der Waals surface area (Å²) in [6.45, 7) is 0. The first-order chi connectivity index (χ1) is 11.4. The van der Waals surface area contributed by atoms with Crippen molar-refractivity contribution < 1.29 is 14.1 Å². The van der Waals surface area contributed by atoms with Gasteiger partial charge in [-0.1, -0.05) is 6.07 Å². The Kier molecular flexibility index (Phi) is 3.91. The molecule has 3 aromatic rings. The molecule has 0 bridgehead atoms. The van der Waals surface area contributed by atoms with Crippen LogP contribution >= 0.6 is 0 Å². The molecule has 3 rings (SSSR count). The van der Waals surface area contributed by atoms with Gasteiger partial charge in [0.2, 0.25) is 5.91 Å². The second-order valence-electron chi connectivity index (χ2n) is 5.28. The maximum atomic E-state index is 13.9. The van der Waals surface area contributed by atoms with Crippen LogP contribution in [0.3, 0.4) is 0 Å². The number of hydrogen-bond acceptors (Lipinski definition) is 4. The number of benzene rings is 2. The van der Waals surface area contributed by atoms with Crippen LogP contribution in [-0.4, -0.2) is 15.8 Å². The lowest BCUT2D eigenvalue weighted by Crippen LogP contribution is -2.10. The lowest BCUT2D eigenvalue weighted by Gasteiger charge is -2.06. The van der Waals surface area contributed by atoms with Crippen molar-refractivity contribution in [2.45, 2.75) is 6.42 Å². The molecule has 0 atom stereocenters. The first kappa shape index (κ1) is 15.5. The summed E-state index contributed by atoms with van der Waals surface area (Å²) in [4.78, 5) is 25.8. The number of rotatable bonds is 4. The number of nitro benzene ring substituents is 1. The number of carbonyl (C=O) groups excluding carboxylic acids is 1. The lowest BCUT2D eigenvalue weighted by atomic mass is 10.1. The van der Waals surface area contributed by atoms with Crippen molar-refractivity contribution in [1.82, 2.24) is 4.98 Å². The van der Waals surface area contributed by atoms with Gasteiger partial charge in [0.05, 0.1) is 10.4 Å². The van der Waals surface area contributed by atoms with E-state index in [9.17, 15) is 19.3 Å². The highest BCUT2D eigenvalue weighted by Crippen LogP contribution is 2.21. The van der Waals surface area contributed by atoms with Crippen LogP contribution < -0.4 is 5.73 Å². The van der Waals surface area contributed by atoms with Gasteiger partial charge in [0, 0.05) is 40.8 Å². The third-order valence-corrected chi connectivity index (χ3v) is 3.64. The van der Waals surface area contributed by atoms with Gasteiger partial charge in [-0.05, 0) is 30.3 Å². The van der Waals surface area contributed by atoms with Gasteiger partial charge in [0.25, 0.3) is 5.69 Å². The summed E-state index contributed by atoms with van der Waals surface area (Å²) < 4.78 is 13.9. The summed E-state index contributed by atoms with van der Waals surface area (Å²) >= 11 is 0. The number of halogens is 1. The minimum absolute atomic E-state index is 0.126. The van der Waals surface area contributed by atoms with Crippen molar-refractivity contribution in [1.29, 1.82) is 0 Å². The number of nitrogens with zero attached hydrogens (tertiary/aromatic N) is 2. The fourth-order valence-corrected chi connectivity index (χ4v) is 2.42. The highest BCUT2D eigenvalue weighted by Gasteiger charge is 2.12. The molecule has 24 heavy (non-hydrogen) atoms. The molecule has 1 heterocycles. The first-order valence-electron chi connectivity index (χ1n) is 7.06. The van der Waals surface area contributed by atoms with Gasteiger partial charge in [-0.15, -0.1) is 0 Å². The quantitative estimate of drug-likeness (QED) is 0.589. The minimum atomic E-state index is -0.567. The standard InChI is InChI=1S/C17H12FN3O3/c18-15-5-4-14(21(23)24)9-12(15)8-13-3-1-10-7-11(17(19)22)2-6-16(10)20-13/h1-7,9H,8H2,(H2,19,22). The maximum Gasteiger partial charge on any atom is 0.269 e. The molecule has 0 spiro atoms. The third kappa shape index (κ3) is 3.05. The fourth-order valence-electron chi connectivity index (χ4n) is 2.42. The smallest absolute Gasteiger partial charge is 0.269 e. The molecular formula is C17H12FN3O3. The molecular weight excluding hydrogens is 313 g/mol. The van der Waals surface area contributed by atoms with Crippen LogP contribution in [0, 0.1) is 15.9 Å². The van der Waals surface area contributed by atoms with E-state index in [4.69, 9.17) is 5.73 Å². The molecule has 2 N–H and O–H groups in total. The topological polar surface area (TPSA) is 99.1 Å². The van der Waals surface area contributed by atoms with Crippen LogP contribution in [0.2, 0.25) is 0 Å². The average molecular weight is 325 g/mol. The lowest BCUT2D eigenvalue weighted by molar-refractivity contribution is -0.385. The van der Waals surface area contributed by atoms with E-state index in [2.05, 4.69) is 4.98 Å². The van der Waals surface area contributed by atoms with Crippen molar-refractivity contribution in [3.05, 3.63) is 81.3 Å². The number of amides is 1. The Balaban J connectivity index is 1.96. The van der Waals surface area contributed by atoms with E-state index in [0.717, 1.165) is 17.5 Å². The van der Waals surface area contributed by atoms with E-state index >= 15 is 0 Å². The SMILES string of the molecule is NC(=O)c1ccc2nc(Cc3cc([N+](=O)[O-])ccc3F)ccc2c1. The second kappa shape index (κ2) is 6.04. The minimum Gasteiger partial charge on any atom is -0.366 e. The Hall–Kier alpha value is -3.35. The molecule has 0 saturated carbocycles. The molecule has 0 aliphatic heterocycles. The predicted octanol–water partition coefficient (Wildman–Crippen LogP) is 2.97. The Morgan fingerprint density at radius 3 is 2.67 bits per heavy atom. The van der Waals surface area contributed by atoms with Gasteiger partial charge >= 0.3 is 0 Å². The molecule has 120 valence electrons. The van der Waals surface area contributed by atoms with E-state index in [1.54, 1.807) is 30.3 Å². The van der Waals surface area contributed by atoms with Gasteiger partial charge in [-0.25, -0.2) is 4.39 Å². The largest absolute Gasteiger partial charge is 0.366 e. The summed E-state index contributed by atoms with van der Waals surface area (Å²) in [6, 6.07) is 11.7. The van der Waals surface area contributed by atoms with E-state index in [-0.39, 0.29) is 17.7 Å². The summed E-state index contributed by atoms with van der Waals surface area (Å²) in [5.41, 5.74) is 6.84. The van der Waals surface area contributed by atoms with Crippen molar-refractivity contribution in [2.24, 2.45) is 5.73 Å². The van der Waals surface area contributed by atoms with Crippen LogP contribution in [0.25, 0.3) is 10.9 Å². The van der Waals surface area contributed by atoms with Crippen LogP contribution in [0.15, 0.2) is 48.5 Å². The van der Waals surface area contributed by atoms with Gasteiger partial charge in [-0.2, -0.15) is 0 Å². The molecule has 0 fully saturated rings. The van der Waals surface area contributed by atoms with Gasteiger partial charge in [-0.3, -0.25) is 19.9 Å². The third-order valence-electron chi connectivity index (χ3n) is 3.64. The molecule has 0 saturated heterocycles. The predicted molar refractivity (Wildman–Crippen MR) is 86.1 cm³/mol. The number of non-ortho nitro benzene ring substituents is 1. The zero-order valence-corrected chi connectivity index (χ0v) is 12.4. The normalized spacial score (nSPS) is 10.7. The molecule has 6 nitrogen and oxygen atoms in total. The highest BCUT2D eigenvalue weighted by atomic mass is 19.1. The van der Waals surface area contributed by atoms with E-state index < -0.39 is 16.6 Å². The van der Waals surface area contributed by atoms with Crippen molar-refractivity contribution >= 4 is 22.5 Å². The second-order valence-corrected chi connectivity index (χ2v) is 5.28. The van der Waals surface area contributed by atoms with Gasteiger partial charge in [0.15, 0.2) is 0 Å². The molecule has 0 aliphatic rings. The zero-order valence-electron chi connectivity index (χ0n) is 12.4. The first-order valence-corrected chi connectivity index (χ1v) is 7.06. The number of pyridine rings is 1. The molecule has 0 unspecified atom stereocenters. The zero-order chi connectivity index (χ0) is 17.3. The number of fused-ring (bicyclic) bond motifs is 1. The summed E-state index contributed by atoms with van der Waals surface area (Å²) in [5, 5.41) is 11.5. The number of nitrogens with two attached hydrogens (primary N) is 1. The maximum absolute atomic E-state index is 13.9. The average Bonchev–Trinajstić information content (AvgIpc) is 2.56. The van der Waals surface area contributed by atoms with E-state index in [0.29, 0.717) is 16.8 Å². The van der Waals surface area contributed by atoms with E-state index in [1.165, 1.54) is 6.07 Å². The Labute approximate surface area is 135 Å². The molecule has 0 radical (unpaired) electrons. The number of primary amides is 1. The highest BCUT2D eigenvalue weighted by molar-refractivity contribution is 5.96. The summed E-state index contributed by atoms with van der Waals surface area (Å²) in [5.74, 6) is -1.05. The van der Waals surface area contributed by atoms with Gasteiger partial charge in [0.1, 0.15) is 5.82 Å². The van der Waals surface area contributed by atoms with Crippen LogP contribution in [0.5, 0.6) is 0 Å². The number of nitro groups is 1. The van der Waals surface area contributed by atoms with Crippen LogP contribution in [-0.2, 0) is 6.42 Å². The van der Waals surface area contributed by atoms with Crippen molar-refractivity contribution in [3.8, 4) is 0 Å². The molecule has 1 amide bonds. The fraction of sp³-hybridized carbons (Fsp3) is 0.0588. The molecule has 1 aromatic heterocycles. The molecule has 2 aromatic carbocycles. The Bertz CT molecular complexity index is 972. The number of carbonyl (C=O) groups is 1. The number of hydrogen-bond donors (Lipinski definition) is 1. The summed E-state index contributed by atoms with van der Waals surface area (Å²) in [7, 11) is 0. The monoisotopic (exact) mass is 325 g/mol. The molecule has 0 aliphatic carbocycles. The molecule has 7 heteroatoms. The van der Waals surface area contributed by atoms with Crippen molar-refractivity contribution in [3.63, 3.8) is 0 Å². The van der Waals surface area contributed by atoms with Crippen LogP contribution in [0.1, 0.15) is 21.6 Å². The van der Waals surface area contributed by atoms with Crippen molar-refractivity contribution in [2.75, 3.05) is 0 Å².